The smallest absolute Gasteiger partial charge is 0.224 e. The number of likely N-dealkylation sites (tertiary alicyclic amines) is 1. The monoisotopic (exact) mass is 329 g/mol. The van der Waals surface area contributed by atoms with Crippen LogP contribution in [0.3, 0.4) is 0 Å². The van der Waals surface area contributed by atoms with E-state index in [9.17, 15) is 4.39 Å². The maximum absolute atomic E-state index is 13.9. The van der Waals surface area contributed by atoms with E-state index in [1.807, 2.05) is 26.1 Å². The van der Waals surface area contributed by atoms with Crippen LogP contribution in [0.2, 0.25) is 0 Å². The molecule has 126 valence electrons. The molecule has 7 nitrogen and oxygen atoms in total. The Kier molecular flexibility index (Phi) is 4.71. The van der Waals surface area contributed by atoms with Crippen LogP contribution in [-0.4, -0.2) is 50.0 Å². The molecule has 2 aromatic heterocycles. The molecule has 3 rings (SSSR count). The average molecular weight is 329 g/mol. The van der Waals surface area contributed by atoms with Gasteiger partial charge in [-0.2, -0.15) is 10.4 Å². The summed E-state index contributed by atoms with van der Waals surface area (Å²) in [6, 6.07) is 5.64. The molecule has 1 aliphatic heterocycles. The number of rotatable bonds is 5. The van der Waals surface area contributed by atoms with E-state index in [4.69, 9.17) is 5.26 Å². The van der Waals surface area contributed by atoms with Crippen molar-refractivity contribution in [1.82, 2.24) is 24.6 Å². The van der Waals surface area contributed by atoms with E-state index in [1.54, 1.807) is 16.9 Å². The van der Waals surface area contributed by atoms with E-state index >= 15 is 0 Å². The van der Waals surface area contributed by atoms with Crippen molar-refractivity contribution in [1.29, 1.82) is 5.26 Å². The molecule has 0 saturated carbocycles. The van der Waals surface area contributed by atoms with Crippen molar-refractivity contribution < 1.29 is 4.39 Å². The molecule has 24 heavy (non-hydrogen) atoms. The van der Waals surface area contributed by atoms with Crippen LogP contribution >= 0.6 is 0 Å². The number of nitrogens with one attached hydrogen (secondary N) is 1. The van der Waals surface area contributed by atoms with Crippen LogP contribution in [0.15, 0.2) is 18.3 Å². The first-order chi connectivity index (χ1) is 11.5. The number of aromatic nitrogens is 4. The summed E-state index contributed by atoms with van der Waals surface area (Å²) in [6.45, 7) is 3.42. The summed E-state index contributed by atoms with van der Waals surface area (Å²) in [5.41, 5.74) is 2.10. The standard InChI is InChI=1S/C16H20FN7/c1-11-5-13(7-18)22-16(21-11)19-8-15-6-12(17)9-24(15)10-14-3-4-20-23(14)2/h3-5,12,15H,6,8-10H2,1-2H3,(H,19,21,22)/t12-,15-/m0/s1. The van der Waals surface area contributed by atoms with E-state index in [0.29, 0.717) is 37.7 Å². The predicted octanol–water partition coefficient (Wildman–Crippen LogP) is 1.41. The lowest BCUT2D eigenvalue weighted by atomic mass is 10.2. The summed E-state index contributed by atoms with van der Waals surface area (Å²) in [7, 11) is 1.88. The Hall–Kier alpha value is -2.53. The van der Waals surface area contributed by atoms with Crippen LogP contribution in [0.25, 0.3) is 0 Å². The molecule has 1 aliphatic rings. The largest absolute Gasteiger partial charge is 0.353 e. The van der Waals surface area contributed by atoms with Crippen LogP contribution in [0.5, 0.6) is 0 Å². The van der Waals surface area contributed by atoms with Gasteiger partial charge in [-0.3, -0.25) is 9.58 Å². The lowest BCUT2D eigenvalue weighted by molar-refractivity contribution is 0.235. The van der Waals surface area contributed by atoms with Crippen molar-refractivity contribution in [2.24, 2.45) is 7.05 Å². The van der Waals surface area contributed by atoms with Gasteiger partial charge in [0.1, 0.15) is 17.9 Å². The molecule has 1 N–H and O–H groups in total. The van der Waals surface area contributed by atoms with Crippen LogP contribution < -0.4 is 5.32 Å². The number of alkyl halides is 1. The maximum Gasteiger partial charge on any atom is 0.224 e. The summed E-state index contributed by atoms with van der Waals surface area (Å²) < 4.78 is 15.7. The molecular weight excluding hydrogens is 309 g/mol. The third kappa shape index (κ3) is 3.68. The minimum Gasteiger partial charge on any atom is -0.353 e. The average Bonchev–Trinajstić information content (AvgIpc) is 3.11. The van der Waals surface area contributed by atoms with Crippen molar-refractivity contribution in [2.45, 2.75) is 32.1 Å². The number of aryl methyl sites for hydroxylation is 2. The lowest BCUT2D eigenvalue weighted by Crippen LogP contribution is -2.35. The first-order valence-corrected chi connectivity index (χ1v) is 7.90. The molecule has 0 unspecified atom stereocenters. The third-order valence-electron chi connectivity index (χ3n) is 4.23. The quantitative estimate of drug-likeness (QED) is 0.893. The van der Waals surface area contributed by atoms with Gasteiger partial charge in [0.05, 0.1) is 5.69 Å². The SMILES string of the molecule is Cc1cc(C#N)nc(NC[C@@H]2C[C@H](F)CN2Cc2ccnn2C)n1. The van der Waals surface area contributed by atoms with E-state index in [2.05, 4.69) is 25.3 Å². The molecule has 1 fully saturated rings. The first-order valence-electron chi connectivity index (χ1n) is 7.90. The van der Waals surface area contributed by atoms with Crippen LogP contribution in [0, 0.1) is 18.3 Å². The van der Waals surface area contributed by atoms with Crippen molar-refractivity contribution in [3.05, 3.63) is 35.4 Å². The van der Waals surface area contributed by atoms with Gasteiger partial charge in [-0.15, -0.1) is 0 Å². The van der Waals surface area contributed by atoms with Crippen LogP contribution in [0.4, 0.5) is 10.3 Å². The number of nitrogens with zero attached hydrogens (tertiary/aromatic N) is 6. The molecule has 0 bridgehead atoms. The molecule has 0 spiro atoms. The minimum absolute atomic E-state index is 0.0459. The van der Waals surface area contributed by atoms with Crippen molar-refractivity contribution >= 4 is 5.95 Å². The van der Waals surface area contributed by atoms with E-state index in [0.717, 1.165) is 11.4 Å². The van der Waals surface area contributed by atoms with Gasteiger partial charge in [0.2, 0.25) is 5.95 Å². The lowest BCUT2D eigenvalue weighted by Gasteiger charge is -2.24. The van der Waals surface area contributed by atoms with Crippen LogP contribution in [0.1, 0.15) is 23.5 Å². The maximum atomic E-state index is 13.9. The van der Waals surface area contributed by atoms with Gasteiger partial charge in [0.25, 0.3) is 0 Å². The van der Waals surface area contributed by atoms with Gasteiger partial charge in [-0.1, -0.05) is 0 Å². The zero-order valence-corrected chi connectivity index (χ0v) is 13.8. The molecule has 3 heterocycles. The van der Waals surface area contributed by atoms with Gasteiger partial charge < -0.3 is 5.32 Å². The molecule has 0 amide bonds. The number of hydrogen-bond donors (Lipinski definition) is 1. The number of anilines is 1. The van der Waals surface area contributed by atoms with Crippen molar-refractivity contribution in [2.75, 3.05) is 18.4 Å². The number of halogens is 1. The fourth-order valence-electron chi connectivity index (χ4n) is 3.01. The summed E-state index contributed by atoms with van der Waals surface area (Å²) in [5.74, 6) is 0.411. The number of nitriles is 1. The molecule has 2 atom stereocenters. The van der Waals surface area contributed by atoms with E-state index < -0.39 is 6.17 Å². The van der Waals surface area contributed by atoms with Crippen molar-refractivity contribution in [3.8, 4) is 6.07 Å². The minimum atomic E-state index is -0.835. The Bertz CT molecular complexity index is 751. The fraction of sp³-hybridized carbons (Fsp3) is 0.500. The summed E-state index contributed by atoms with van der Waals surface area (Å²) >= 11 is 0. The number of hydrogen-bond acceptors (Lipinski definition) is 6. The summed E-state index contributed by atoms with van der Waals surface area (Å²) in [4.78, 5) is 10.5. The van der Waals surface area contributed by atoms with Gasteiger partial charge in [-0.25, -0.2) is 14.4 Å². The van der Waals surface area contributed by atoms with Gasteiger partial charge in [0, 0.05) is 44.6 Å². The first kappa shape index (κ1) is 16.3. The highest BCUT2D eigenvalue weighted by atomic mass is 19.1. The van der Waals surface area contributed by atoms with Gasteiger partial charge >= 0.3 is 0 Å². The Morgan fingerprint density at radius 2 is 2.29 bits per heavy atom. The highest BCUT2D eigenvalue weighted by Crippen LogP contribution is 2.23. The Labute approximate surface area is 140 Å². The second-order valence-electron chi connectivity index (χ2n) is 6.07. The molecule has 8 heteroatoms. The van der Waals surface area contributed by atoms with E-state index in [1.165, 1.54) is 0 Å². The summed E-state index contributed by atoms with van der Waals surface area (Å²) in [5, 5.41) is 16.3. The fourth-order valence-corrected chi connectivity index (χ4v) is 3.01. The van der Waals surface area contributed by atoms with Crippen molar-refractivity contribution in [3.63, 3.8) is 0 Å². The predicted molar refractivity (Wildman–Crippen MR) is 86.9 cm³/mol. The molecule has 1 saturated heterocycles. The molecule has 0 radical (unpaired) electrons. The highest BCUT2D eigenvalue weighted by molar-refractivity contribution is 5.33. The molecule has 2 aromatic rings. The Morgan fingerprint density at radius 1 is 1.46 bits per heavy atom. The van der Waals surface area contributed by atoms with E-state index in [-0.39, 0.29) is 6.04 Å². The zero-order valence-electron chi connectivity index (χ0n) is 13.8. The Balaban J connectivity index is 1.66. The molecule has 0 aliphatic carbocycles. The molecule has 0 aromatic carbocycles. The normalized spacial score (nSPS) is 20.9. The van der Waals surface area contributed by atoms with Gasteiger partial charge in [0.15, 0.2) is 0 Å². The highest BCUT2D eigenvalue weighted by Gasteiger charge is 2.32. The molecular formula is C16H20FN7. The second-order valence-corrected chi connectivity index (χ2v) is 6.07. The van der Waals surface area contributed by atoms with Gasteiger partial charge in [-0.05, 0) is 25.5 Å². The Morgan fingerprint density at radius 3 is 3.00 bits per heavy atom. The zero-order chi connectivity index (χ0) is 17.1. The van der Waals surface area contributed by atoms with Crippen LogP contribution in [-0.2, 0) is 13.6 Å². The summed E-state index contributed by atoms with van der Waals surface area (Å²) in [6.07, 6.45) is 1.38. The topological polar surface area (TPSA) is 82.7 Å². The third-order valence-corrected chi connectivity index (χ3v) is 4.23. The second kappa shape index (κ2) is 6.93.